The Hall–Kier alpha value is -2.38. The van der Waals surface area contributed by atoms with E-state index in [9.17, 15) is 13.2 Å². The highest BCUT2D eigenvalue weighted by Gasteiger charge is 2.15. The quantitative estimate of drug-likeness (QED) is 0.718. The molecule has 0 atom stereocenters. The second-order valence-electron chi connectivity index (χ2n) is 5.81. The first-order valence-electron chi connectivity index (χ1n) is 7.66. The zero-order chi connectivity index (χ0) is 18.0. The summed E-state index contributed by atoms with van der Waals surface area (Å²) in [4.78, 5) is 13.2. The summed E-state index contributed by atoms with van der Waals surface area (Å²) in [7, 11) is -3.32. The summed E-state index contributed by atoms with van der Waals surface area (Å²) in [6, 6.07) is 14.9. The van der Waals surface area contributed by atoms with E-state index in [2.05, 4.69) is 10.0 Å². The molecule has 0 radical (unpaired) electrons. The molecular weight excluding hydrogens is 356 g/mol. The minimum absolute atomic E-state index is 0.125. The molecule has 2 N–H and O–H groups in total. The van der Waals surface area contributed by atoms with Gasteiger partial charge in [-0.2, -0.15) is 0 Å². The van der Waals surface area contributed by atoms with Gasteiger partial charge in [-0.1, -0.05) is 30.3 Å². The van der Waals surface area contributed by atoms with Crippen LogP contribution in [0.25, 0.3) is 10.1 Å². The molecule has 0 aliphatic heterocycles. The fraction of sp³-hybridized carbons (Fsp3) is 0.167. The molecule has 0 fully saturated rings. The van der Waals surface area contributed by atoms with Crippen LogP contribution in [-0.2, 0) is 16.6 Å². The third-order valence-corrected chi connectivity index (χ3v) is 5.61. The molecule has 0 unspecified atom stereocenters. The predicted octanol–water partition coefficient (Wildman–Crippen LogP) is 3.51. The van der Waals surface area contributed by atoms with Gasteiger partial charge < -0.3 is 5.32 Å². The van der Waals surface area contributed by atoms with E-state index in [4.69, 9.17) is 0 Å². The van der Waals surface area contributed by atoms with Gasteiger partial charge in [0, 0.05) is 16.9 Å². The summed E-state index contributed by atoms with van der Waals surface area (Å²) >= 11 is 1.47. The van der Waals surface area contributed by atoms with E-state index in [1.165, 1.54) is 11.3 Å². The van der Waals surface area contributed by atoms with Gasteiger partial charge >= 0.3 is 0 Å². The molecule has 0 aliphatic carbocycles. The number of nitrogens with one attached hydrogen (secondary N) is 2. The average Bonchev–Trinajstić information content (AvgIpc) is 2.89. The fourth-order valence-corrected chi connectivity index (χ4v) is 4.29. The topological polar surface area (TPSA) is 75.3 Å². The second kappa shape index (κ2) is 6.85. The molecule has 3 aromatic rings. The van der Waals surface area contributed by atoms with Crippen molar-refractivity contribution in [1.82, 2.24) is 5.32 Å². The van der Waals surface area contributed by atoms with Crippen LogP contribution in [0.4, 0.5) is 5.69 Å². The van der Waals surface area contributed by atoms with Crippen molar-refractivity contribution in [3.8, 4) is 0 Å². The molecule has 130 valence electrons. The Morgan fingerprint density at radius 3 is 2.60 bits per heavy atom. The molecule has 0 aliphatic rings. The maximum Gasteiger partial charge on any atom is 0.261 e. The van der Waals surface area contributed by atoms with Gasteiger partial charge in [-0.05, 0) is 41.6 Å². The second-order valence-corrected chi connectivity index (χ2v) is 8.61. The van der Waals surface area contributed by atoms with E-state index in [0.717, 1.165) is 27.5 Å². The lowest BCUT2D eigenvalue weighted by atomic mass is 10.1. The zero-order valence-corrected chi connectivity index (χ0v) is 15.5. The number of hydrogen-bond acceptors (Lipinski definition) is 4. The van der Waals surface area contributed by atoms with Gasteiger partial charge in [0.1, 0.15) is 0 Å². The molecule has 1 amide bonds. The number of fused-ring (bicyclic) bond motifs is 1. The van der Waals surface area contributed by atoms with Crippen molar-refractivity contribution in [2.45, 2.75) is 13.5 Å². The number of rotatable bonds is 5. The Morgan fingerprint density at radius 2 is 1.88 bits per heavy atom. The maximum absolute atomic E-state index is 12.5. The van der Waals surface area contributed by atoms with Crippen LogP contribution in [0, 0.1) is 6.92 Å². The Labute approximate surface area is 150 Å². The van der Waals surface area contributed by atoms with Gasteiger partial charge in [-0.15, -0.1) is 11.3 Å². The number of thiophene rings is 1. The number of sulfonamides is 1. The molecule has 7 heteroatoms. The van der Waals surface area contributed by atoms with Crippen molar-refractivity contribution in [3.63, 3.8) is 0 Å². The molecular formula is C18H18N2O3S2. The Morgan fingerprint density at radius 1 is 1.12 bits per heavy atom. The lowest BCUT2D eigenvalue weighted by Gasteiger charge is -2.08. The smallest absolute Gasteiger partial charge is 0.261 e. The monoisotopic (exact) mass is 374 g/mol. The largest absolute Gasteiger partial charge is 0.347 e. The number of carbonyl (C=O) groups is 1. The first kappa shape index (κ1) is 17.4. The van der Waals surface area contributed by atoms with E-state index in [-0.39, 0.29) is 5.91 Å². The standard InChI is InChI=1S/C18H18N2O3S2/c1-12-15-8-3-4-9-16(15)24-17(12)18(21)19-11-13-6-5-7-14(10-13)20-25(2,22)23/h3-10,20H,11H2,1-2H3,(H,19,21). The molecule has 0 saturated carbocycles. The molecule has 3 rings (SSSR count). The third-order valence-electron chi connectivity index (χ3n) is 3.73. The number of amides is 1. The van der Waals surface area contributed by atoms with Gasteiger partial charge in [-0.25, -0.2) is 8.42 Å². The minimum Gasteiger partial charge on any atom is -0.347 e. The number of benzene rings is 2. The molecule has 5 nitrogen and oxygen atoms in total. The van der Waals surface area contributed by atoms with Crippen molar-refractivity contribution in [1.29, 1.82) is 0 Å². The van der Waals surface area contributed by atoms with Gasteiger partial charge in [0.15, 0.2) is 0 Å². The number of hydrogen-bond donors (Lipinski definition) is 2. The molecule has 0 bridgehead atoms. The predicted molar refractivity (Wildman–Crippen MR) is 103 cm³/mol. The molecule has 2 aromatic carbocycles. The summed E-state index contributed by atoms with van der Waals surface area (Å²) in [5.41, 5.74) is 2.28. The zero-order valence-electron chi connectivity index (χ0n) is 13.9. The molecule has 1 heterocycles. The Kier molecular flexibility index (Phi) is 4.78. The van der Waals surface area contributed by atoms with Crippen LogP contribution in [0.15, 0.2) is 48.5 Å². The molecule has 0 spiro atoms. The summed E-state index contributed by atoms with van der Waals surface area (Å²) in [5, 5.41) is 4.00. The van der Waals surface area contributed by atoms with Crippen LogP contribution in [-0.4, -0.2) is 20.6 Å². The van der Waals surface area contributed by atoms with Crippen LogP contribution in [0.5, 0.6) is 0 Å². The maximum atomic E-state index is 12.5. The summed E-state index contributed by atoms with van der Waals surface area (Å²) in [5.74, 6) is -0.125. The SMILES string of the molecule is Cc1c(C(=O)NCc2cccc(NS(C)(=O)=O)c2)sc2ccccc12. The van der Waals surface area contributed by atoms with E-state index < -0.39 is 10.0 Å². The van der Waals surface area contributed by atoms with Crippen LogP contribution in [0.1, 0.15) is 20.8 Å². The van der Waals surface area contributed by atoms with E-state index in [0.29, 0.717) is 17.1 Å². The Balaban J connectivity index is 1.74. The van der Waals surface area contributed by atoms with Crippen molar-refractivity contribution >= 4 is 43.0 Å². The highest BCUT2D eigenvalue weighted by Crippen LogP contribution is 2.30. The Bertz CT molecular complexity index is 1040. The van der Waals surface area contributed by atoms with Crippen LogP contribution < -0.4 is 10.0 Å². The van der Waals surface area contributed by atoms with Gasteiger partial charge in [-0.3, -0.25) is 9.52 Å². The average molecular weight is 374 g/mol. The summed E-state index contributed by atoms with van der Waals surface area (Å²) in [6.45, 7) is 2.27. The summed E-state index contributed by atoms with van der Waals surface area (Å²) < 4.78 is 26.1. The minimum atomic E-state index is -3.32. The first-order valence-corrected chi connectivity index (χ1v) is 10.4. The van der Waals surface area contributed by atoms with Gasteiger partial charge in [0.05, 0.1) is 11.1 Å². The summed E-state index contributed by atoms with van der Waals surface area (Å²) in [6.07, 6.45) is 1.10. The normalized spacial score (nSPS) is 11.4. The van der Waals surface area contributed by atoms with E-state index in [1.807, 2.05) is 37.3 Å². The van der Waals surface area contributed by atoms with E-state index in [1.54, 1.807) is 18.2 Å². The highest BCUT2D eigenvalue weighted by molar-refractivity contribution is 7.92. The lowest BCUT2D eigenvalue weighted by Crippen LogP contribution is -2.22. The van der Waals surface area contributed by atoms with Crippen LogP contribution >= 0.6 is 11.3 Å². The van der Waals surface area contributed by atoms with Gasteiger partial charge in [0.2, 0.25) is 10.0 Å². The number of aryl methyl sites for hydroxylation is 1. The molecule has 1 aromatic heterocycles. The first-order chi connectivity index (χ1) is 11.8. The molecule has 25 heavy (non-hydrogen) atoms. The number of anilines is 1. The van der Waals surface area contributed by atoms with Crippen molar-refractivity contribution in [2.24, 2.45) is 0 Å². The number of carbonyl (C=O) groups excluding carboxylic acids is 1. The third kappa shape index (κ3) is 4.18. The fourth-order valence-electron chi connectivity index (χ4n) is 2.61. The lowest BCUT2D eigenvalue weighted by molar-refractivity contribution is 0.0954. The molecule has 0 saturated heterocycles. The van der Waals surface area contributed by atoms with Crippen molar-refractivity contribution < 1.29 is 13.2 Å². The highest BCUT2D eigenvalue weighted by atomic mass is 32.2. The van der Waals surface area contributed by atoms with Crippen LogP contribution in [0.2, 0.25) is 0 Å². The van der Waals surface area contributed by atoms with Gasteiger partial charge in [0.25, 0.3) is 5.91 Å². The van der Waals surface area contributed by atoms with Crippen molar-refractivity contribution in [3.05, 3.63) is 64.5 Å². The van der Waals surface area contributed by atoms with Crippen LogP contribution in [0.3, 0.4) is 0 Å². The van der Waals surface area contributed by atoms with E-state index >= 15 is 0 Å². The van der Waals surface area contributed by atoms with Crippen molar-refractivity contribution in [2.75, 3.05) is 11.0 Å².